The number of hydrogen-bond donors (Lipinski definition) is 2. The van der Waals surface area contributed by atoms with E-state index < -0.39 is 0 Å². The molecule has 126 valence electrons. The van der Waals surface area contributed by atoms with Crippen LogP contribution in [0.5, 0.6) is 0 Å². The predicted molar refractivity (Wildman–Crippen MR) is 86.8 cm³/mol. The number of hydrogen-bond acceptors (Lipinski definition) is 4. The van der Waals surface area contributed by atoms with E-state index in [1.165, 1.54) is 11.3 Å². The summed E-state index contributed by atoms with van der Waals surface area (Å²) < 4.78 is 1.56. The predicted octanol–water partition coefficient (Wildman–Crippen LogP) is 0.690. The molecule has 7 nitrogen and oxygen atoms in total. The monoisotopic (exact) mass is 319 g/mol. The summed E-state index contributed by atoms with van der Waals surface area (Å²) in [5, 5.41) is 10.6. The van der Waals surface area contributed by atoms with Gasteiger partial charge in [-0.15, -0.1) is 0 Å². The Kier molecular flexibility index (Phi) is 4.39. The Morgan fingerprint density at radius 3 is 3.09 bits per heavy atom. The molecule has 2 aliphatic rings. The SMILES string of the molecule is CN(C)C(=O)Cn1cc(NC(=O)[C@@]23CCCC[C@H]2CNC3)cn1. The van der Waals surface area contributed by atoms with Crippen LogP contribution in [0.3, 0.4) is 0 Å². The summed E-state index contributed by atoms with van der Waals surface area (Å²) in [6.45, 7) is 1.87. The Hall–Kier alpha value is -1.89. The summed E-state index contributed by atoms with van der Waals surface area (Å²) in [5.74, 6) is 0.490. The molecule has 0 bridgehead atoms. The number of rotatable bonds is 4. The van der Waals surface area contributed by atoms with Crippen LogP contribution in [0.2, 0.25) is 0 Å². The molecule has 1 saturated heterocycles. The van der Waals surface area contributed by atoms with E-state index in [1.807, 2.05) is 0 Å². The summed E-state index contributed by atoms with van der Waals surface area (Å²) in [6.07, 6.45) is 7.72. The van der Waals surface area contributed by atoms with Crippen molar-refractivity contribution in [3.8, 4) is 0 Å². The van der Waals surface area contributed by atoms with Gasteiger partial charge in [-0.1, -0.05) is 12.8 Å². The Balaban J connectivity index is 1.66. The van der Waals surface area contributed by atoms with Crippen LogP contribution in [0, 0.1) is 11.3 Å². The number of aromatic nitrogens is 2. The van der Waals surface area contributed by atoms with Crippen LogP contribution in [0.4, 0.5) is 5.69 Å². The highest BCUT2D eigenvalue weighted by atomic mass is 16.2. The first kappa shape index (κ1) is 16.0. The minimum Gasteiger partial charge on any atom is -0.347 e. The van der Waals surface area contributed by atoms with Gasteiger partial charge in [-0.2, -0.15) is 5.10 Å². The highest BCUT2D eigenvalue weighted by Crippen LogP contribution is 2.44. The fourth-order valence-corrected chi connectivity index (χ4v) is 3.74. The van der Waals surface area contributed by atoms with Crippen molar-refractivity contribution in [2.24, 2.45) is 11.3 Å². The van der Waals surface area contributed by atoms with Crippen LogP contribution in [0.15, 0.2) is 12.4 Å². The van der Waals surface area contributed by atoms with E-state index in [0.717, 1.165) is 32.4 Å². The maximum absolute atomic E-state index is 12.8. The molecule has 0 spiro atoms. The average Bonchev–Trinajstić information content (AvgIpc) is 3.14. The fraction of sp³-hybridized carbons (Fsp3) is 0.688. The van der Waals surface area contributed by atoms with Crippen molar-refractivity contribution >= 4 is 17.5 Å². The molecule has 0 unspecified atom stereocenters. The largest absolute Gasteiger partial charge is 0.347 e. The summed E-state index contributed by atoms with van der Waals surface area (Å²) in [7, 11) is 3.42. The van der Waals surface area contributed by atoms with Crippen molar-refractivity contribution in [3.63, 3.8) is 0 Å². The van der Waals surface area contributed by atoms with Gasteiger partial charge in [-0.3, -0.25) is 14.3 Å². The van der Waals surface area contributed by atoms with Gasteiger partial charge in [-0.05, 0) is 25.3 Å². The molecule has 0 radical (unpaired) electrons. The maximum Gasteiger partial charge on any atom is 0.243 e. The lowest BCUT2D eigenvalue weighted by Crippen LogP contribution is -2.44. The van der Waals surface area contributed by atoms with Gasteiger partial charge < -0.3 is 15.5 Å². The summed E-state index contributed by atoms with van der Waals surface area (Å²) in [4.78, 5) is 26.1. The molecule has 7 heteroatoms. The topological polar surface area (TPSA) is 79.3 Å². The van der Waals surface area contributed by atoms with Crippen molar-refractivity contribution in [1.29, 1.82) is 0 Å². The zero-order valence-corrected chi connectivity index (χ0v) is 13.8. The Bertz CT molecular complexity index is 597. The van der Waals surface area contributed by atoms with Crippen LogP contribution in [0.1, 0.15) is 25.7 Å². The minimum atomic E-state index is -0.278. The number of anilines is 1. The zero-order chi connectivity index (χ0) is 16.4. The molecule has 3 rings (SSSR count). The number of fused-ring (bicyclic) bond motifs is 1. The summed E-state index contributed by atoms with van der Waals surface area (Å²) in [5.41, 5.74) is 0.381. The first-order valence-corrected chi connectivity index (χ1v) is 8.26. The van der Waals surface area contributed by atoms with Gasteiger partial charge in [0.1, 0.15) is 6.54 Å². The maximum atomic E-state index is 12.8. The Labute approximate surface area is 136 Å². The van der Waals surface area contributed by atoms with Gasteiger partial charge >= 0.3 is 0 Å². The van der Waals surface area contributed by atoms with Crippen molar-refractivity contribution in [2.75, 3.05) is 32.5 Å². The lowest BCUT2D eigenvalue weighted by Gasteiger charge is -2.36. The van der Waals surface area contributed by atoms with Crippen LogP contribution >= 0.6 is 0 Å². The number of carbonyl (C=O) groups excluding carboxylic acids is 2. The summed E-state index contributed by atoms with van der Waals surface area (Å²) >= 11 is 0. The number of nitrogens with one attached hydrogen (secondary N) is 2. The third kappa shape index (κ3) is 3.10. The van der Waals surface area contributed by atoms with Gasteiger partial charge in [0, 0.05) is 26.8 Å². The van der Waals surface area contributed by atoms with E-state index in [2.05, 4.69) is 15.7 Å². The van der Waals surface area contributed by atoms with Crippen molar-refractivity contribution < 1.29 is 9.59 Å². The lowest BCUT2D eigenvalue weighted by molar-refractivity contribution is -0.129. The molecular weight excluding hydrogens is 294 g/mol. The second-order valence-corrected chi connectivity index (χ2v) is 6.90. The Morgan fingerprint density at radius 2 is 2.30 bits per heavy atom. The van der Waals surface area contributed by atoms with Crippen LogP contribution in [0.25, 0.3) is 0 Å². The molecule has 2 N–H and O–H groups in total. The van der Waals surface area contributed by atoms with E-state index in [9.17, 15) is 9.59 Å². The molecule has 0 aromatic carbocycles. The third-order valence-electron chi connectivity index (χ3n) is 5.18. The lowest BCUT2D eigenvalue weighted by atomic mass is 9.67. The second-order valence-electron chi connectivity index (χ2n) is 6.90. The quantitative estimate of drug-likeness (QED) is 0.856. The van der Waals surface area contributed by atoms with Crippen LogP contribution in [-0.4, -0.2) is 53.7 Å². The third-order valence-corrected chi connectivity index (χ3v) is 5.18. The highest BCUT2D eigenvalue weighted by molar-refractivity contribution is 5.96. The molecule has 1 saturated carbocycles. The smallest absolute Gasteiger partial charge is 0.243 e. The summed E-state index contributed by atoms with van der Waals surface area (Å²) in [6, 6.07) is 0. The van der Waals surface area contributed by atoms with Crippen LogP contribution < -0.4 is 10.6 Å². The molecule has 2 atom stereocenters. The number of amides is 2. The van der Waals surface area contributed by atoms with E-state index >= 15 is 0 Å². The van der Waals surface area contributed by atoms with E-state index in [-0.39, 0.29) is 23.8 Å². The Morgan fingerprint density at radius 1 is 1.48 bits per heavy atom. The molecule has 1 aliphatic heterocycles. The molecule has 2 fully saturated rings. The van der Waals surface area contributed by atoms with Gasteiger partial charge in [-0.25, -0.2) is 0 Å². The second kappa shape index (κ2) is 6.31. The standard InChI is InChI=1S/C16H25N5O2/c1-20(2)14(22)10-21-9-13(8-18-21)19-15(23)16-6-4-3-5-12(16)7-17-11-16/h8-9,12,17H,3-7,10-11H2,1-2H3,(H,19,23)/t12-,16+/m0/s1. The van der Waals surface area contributed by atoms with Gasteiger partial charge in [0.15, 0.2) is 0 Å². The first-order chi connectivity index (χ1) is 11.0. The van der Waals surface area contributed by atoms with Gasteiger partial charge in [0.2, 0.25) is 11.8 Å². The molecular formula is C16H25N5O2. The molecule has 2 heterocycles. The van der Waals surface area contributed by atoms with Gasteiger partial charge in [0.25, 0.3) is 0 Å². The van der Waals surface area contributed by atoms with Crippen molar-refractivity contribution in [1.82, 2.24) is 20.0 Å². The minimum absolute atomic E-state index is 0.0306. The van der Waals surface area contributed by atoms with Crippen molar-refractivity contribution in [3.05, 3.63) is 12.4 Å². The first-order valence-electron chi connectivity index (χ1n) is 8.26. The molecule has 23 heavy (non-hydrogen) atoms. The van der Waals surface area contributed by atoms with E-state index in [0.29, 0.717) is 11.6 Å². The number of nitrogens with zero attached hydrogens (tertiary/aromatic N) is 3. The number of carbonyl (C=O) groups is 2. The normalized spacial score (nSPS) is 26.6. The molecule has 1 aliphatic carbocycles. The number of likely N-dealkylation sites (N-methyl/N-ethyl adjacent to an activating group) is 1. The zero-order valence-electron chi connectivity index (χ0n) is 13.8. The van der Waals surface area contributed by atoms with E-state index in [1.54, 1.807) is 31.2 Å². The fourth-order valence-electron chi connectivity index (χ4n) is 3.74. The average molecular weight is 319 g/mol. The van der Waals surface area contributed by atoms with E-state index in [4.69, 9.17) is 0 Å². The molecule has 1 aromatic heterocycles. The highest BCUT2D eigenvalue weighted by Gasteiger charge is 2.49. The van der Waals surface area contributed by atoms with Gasteiger partial charge in [0.05, 0.1) is 17.3 Å². The molecule has 2 amide bonds. The molecule has 1 aromatic rings. The van der Waals surface area contributed by atoms with Crippen LogP contribution in [-0.2, 0) is 16.1 Å². The van der Waals surface area contributed by atoms with Crippen molar-refractivity contribution in [2.45, 2.75) is 32.2 Å².